The van der Waals surface area contributed by atoms with Crippen LogP contribution in [0, 0.1) is 0 Å². The maximum absolute atomic E-state index is 12.8. The third kappa shape index (κ3) is 4.72. The van der Waals surface area contributed by atoms with Crippen molar-refractivity contribution in [3.8, 4) is 0 Å². The van der Waals surface area contributed by atoms with Gasteiger partial charge in [0.1, 0.15) is 0 Å². The summed E-state index contributed by atoms with van der Waals surface area (Å²) in [4.78, 5) is 29.1. The molecular formula is C19H27N3O3. The summed E-state index contributed by atoms with van der Waals surface area (Å²) in [6, 6.07) is 7.15. The molecule has 0 aliphatic carbocycles. The number of carbonyl (C=O) groups excluding carboxylic acids is 2. The smallest absolute Gasteiger partial charge is 0.321 e. The maximum Gasteiger partial charge on any atom is 0.321 e. The minimum absolute atomic E-state index is 0.0492. The molecule has 136 valence electrons. The number of hydrogen-bond acceptors (Lipinski definition) is 3. The molecule has 2 saturated heterocycles. The van der Waals surface area contributed by atoms with E-state index in [1.165, 1.54) is 19.3 Å². The lowest BCUT2D eigenvalue weighted by Crippen LogP contribution is -2.41. The van der Waals surface area contributed by atoms with E-state index < -0.39 is 0 Å². The van der Waals surface area contributed by atoms with Gasteiger partial charge in [-0.25, -0.2) is 4.79 Å². The number of likely N-dealkylation sites (tertiary alicyclic amines) is 1. The monoisotopic (exact) mass is 345 g/mol. The highest BCUT2D eigenvalue weighted by atomic mass is 16.5. The first-order valence-electron chi connectivity index (χ1n) is 9.28. The van der Waals surface area contributed by atoms with Crippen molar-refractivity contribution in [1.82, 2.24) is 9.80 Å². The molecule has 3 rings (SSSR count). The van der Waals surface area contributed by atoms with Gasteiger partial charge in [0.05, 0.1) is 24.5 Å². The normalized spacial score (nSPS) is 19.0. The molecule has 1 aromatic carbocycles. The van der Waals surface area contributed by atoms with Gasteiger partial charge in [-0.1, -0.05) is 31.4 Å². The third-order valence-corrected chi connectivity index (χ3v) is 4.84. The summed E-state index contributed by atoms with van der Waals surface area (Å²) in [5.74, 6) is -0.0492. The summed E-state index contributed by atoms with van der Waals surface area (Å²) in [5, 5.41) is 2.96. The van der Waals surface area contributed by atoms with E-state index in [1.54, 1.807) is 17.0 Å². The Bertz CT molecular complexity index is 591. The Kier molecular flexibility index (Phi) is 6.28. The van der Waals surface area contributed by atoms with Gasteiger partial charge in [-0.2, -0.15) is 0 Å². The molecule has 1 N–H and O–H groups in total. The first-order valence-corrected chi connectivity index (χ1v) is 9.28. The second kappa shape index (κ2) is 8.85. The molecular weight excluding hydrogens is 318 g/mol. The molecule has 25 heavy (non-hydrogen) atoms. The average molecular weight is 345 g/mol. The van der Waals surface area contributed by atoms with Crippen LogP contribution >= 0.6 is 0 Å². The molecule has 1 aromatic rings. The Balaban J connectivity index is 1.69. The highest BCUT2D eigenvalue weighted by Crippen LogP contribution is 2.19. The Morgan fingerprint density at radius 2 is 1.48 bits per heavy atom. The first kappa shape index (κ1) is 17.7. The Morgan fingerprint density at radius 3 is 2.20 bits per heavy atom. The summed E-state index contributed by atoms with van der Waals surface area (Å²) >= 11 is 0. The van der Waals surface area contributed by atoms with Crippen molar-refractivity contribution in [2.75, 3.05) is 44.7 Å². The number of urea groups is 1. The number of rotatable bonds is 2. The minimum atomic E-state index is -0.107. The van der Waals surface area contributed by atoms with Gasteiger partial charge in [0.25, 0.3) is 5.91 Å². The molecule has 0 unspecified atom stereocenters. The van der Waals surface area contributed by atoms with Crippen LogP contribution in [-0.2, 0) is 4.74 Å². The molecule has 3 amide bonds. The van der Waals surface area contributed by atoms with E-state index >= 15 is 0 Å². The van der Waals surface area contributed by atoms with Crippen molar-refractivity contribution in [3.63, 3.8) is 0 Å². The number of benzene rings is 1. The van der Waals surface area contributed by atoms with E-state index in [1.807, 2.05) is 17.0 Å². The van der Waals surface area contributed by atoms with E-state index in [0.717, 1.165) is 25.9 Å². The fourth-order valence-corrected chi connectivity index (χ4v) is 3.36. The summed E-state index contributed by atoms with van der Waals surface area (Å²) in [7, 11) is 0. The van der Waals surface area contributed by atoms with E-state index in [0.29, 0.717) is 37.6 Å². The van der Waals surface area contributed by atoms with Gasteiger partial charge in [0, 0.05) is 26.2 Å². The van der Waals surface area contributed by atoms with Crippen molar-refractivity contribution in [1.29, 1.82) is 0 Å². The lowest BCUT2D eigenvalue weighted by molar-refractivity contribution is 0.0303. The Hall–Kier alpha value is -2.08. The van der Waals surface area contributed by atoms with Crippen LogP contribution in [0.15, 0.2) is 24.3 Å². The zero-order valence-corrected chi connectivity index (χ0v) is 14.7. The van der Waals surface area contributed by atoms with Crippen LogP contribution in [0.3, 0.4) is 0 Å². The highest BCUT2D eigenvalue weighted by Gasteiger charge is 2.22. The first-order chi connectivity index (χ1) is 12.3. The number of nitrogens with zero attached hydrogens (tertiary/aromatic N) is 2. The van der Waals surface area contributed by atoms with E-state index in [2.05, 4.69) is 5.32 Å². The Labute approximate surface area is 149 Å². The van der Waals surface area contributed by atoms with E-state index in [-0.39, 0.29) is 11.9 Å². The minimum Gasteiger partial charge on any atom is -0.378 e. The van der Waals surface area contributed by atoms with Crippen molar-refractivity contribution in [3.05, 3.63) is 29.8 Å². The molecule has 0 atom stereocenters. The van der Waals surface area contributed by atoms with Crippen LogP contribution in [0.5, 0.6) is 0 Å². The topological polar surface area (TPSA) is 61.9 Å². The molecule has 2 heterocycles. The lowest BCUT2D eigenvalue weighted by atomic mass is 10.1. The van der Waals surface area contributed by atoms with Crippen LogP contribution < -0.4 is 5.32 Å². The van der Waals surface area contributed by atoms with Crippen LogP contribution in [0.1, 0.15) is 42.5 Å². The van der Waals surface area contributed by atoms with Crippen molar-refractivity contribution >= 4 is 17.6 Å². The predicted molar refractivity (Wildman–Crippen MR) is 96.8 cm³/mol. The van der Waals surface area contributed by atoms with Gasteiger partial charge in [-0.15, -0.1) is 0 Å². The molecule has 0 radical (unpaired) electrons. The molecule has 2 fully saturated rings. The second-order valence-electron chi connectivity index (χ2n) is 6.64. The van der Waals surface area contributed by atoms with Crippen molar-refractivity contribution < 1.29 is 14.3 Å². The zero-order valence-electron chi connectivity index (χ0n) is 14.7. The number of ether oxygens (including phenoxy) is 1. The van der Waals surface area contributed by atoms with Gasteiger partial charge < -0.3 is 19.9 Å². The molecule has 6 heteroatoms. The van der Waals surface area contributed by atoms with Gasteiger partial charge in [-0.3, -0.25) is 4.79 Å². The number of anilines is 1. The fourth-order valence-electron chi connectivity index (χ4n) is 3.36. The quantitative estimate of drug-likeness (QED) is 0.896. The van der Waals surface area contributed by atoms with Crippen LogP contribution in [0.4, 0.5) is 10.5 Å². The van der Waals surface area contributed by atoms with Crippen molar-refractivity contribution in [2.45, 2.75) is 32.1 Å². The summed E-state index contributed by atoms with van der Waals surface area (Å²) in [6.45, 7) is 3.87. The fraction of sp³-hybridized carbons (Fsp3) is 0.579. The van der Waals surface area contributed by atoms with E-state index in [4.69, 9.17) is 4.74 Å². The zero-order chi connectivity index (χ0) is 17.5. The second-order valence-corrected chi connectivity index (χ2v) is 6.64. The number of nitrogens with one attached hydrogen (secondary N) is 1. The SMILES string of the molecule is O=C(Nc1ccccc1C(=O)N1CCOCC1)N1CCCCCCC1. The van der Waals surface area contributed by atoms with Crippen molar-refractivity contribution in [2.24, 2.45) is 0 Å². The Morgan fingerprint density at radius 1 is 0.840 bits per heavy atom. The third-order valence-electron chi connectivity index (χ3n) is 4.84. The summed E-state index contributed by atoms with van der Waals surface area (Å²) < 4.78 is 5.31. The largest absolute Gasteiger partial charge is 0.378 e. The molecule has 0 spiro atoms. The number of para-hydroxylation sites is 1. The van der Waals surface area contributed by atoms with Gasteiger partial charge in [-0.05, 0) is 25.0 Å². The number of carbonyl (C=O) groups is 2. The van der Waals surface area contributed by atoms with Crippen LogP contribution in [-0.4, -0.2) is 61.1 Å². The molecule has 0 saturated carbocycles. The highest BCUT2D eigenvalue weighted by molar-refractivity contribution is 6.03. The maximum atomic E-state index is 12.8. The number of hydrogen-bond donors (Lipinski definition) is 1. The summed E-state index contributed by atoms with van der Waals surface area (Å²) in [5.41, 5.74) is 1.14. The molecule has 0 bridgehead atoms. The van der Waals surface area contributed by atoms with Gasteiger partial charge in [0.2, 0.25) is 0 Å². The molecule has 0 aromatic heterocycles. The van der Waals surface area contributed by atoms with Crippen LogP contribution in [0.2, 0.25) is 0 Å². The number of amides is 3. The van der Waals surface area contributed by atoms with Crippen LogP contribution in [0.25, 0.3) is 0 Å². The standard InChI is InChI=1S/C19H27N3O3/c23-18(21-12-14-25-15-13-21)16-8-4-5-9-17(16)20-19(24)22-10-6-2-1-3-7-11-22/h4-5,8-9H,1-3,6-7,10-15H2,(H,20,24). The molecule has 2 aliphatic rings. The molecule has 2 aliphatic heterocycles. The summed E-state index contributed by atoms with van der Waals surface area (Å²) in [6.07, 6.45) is 5.70. The number of morpholine rings is 1. The van der Waals surface area contributed by atoms with Gasteiger partial charge in [0.15, 0.2) is 0 Å². The van der Waals surface area contributed by atoms with Gasteiger partial charge >= 0.3 is 6.03 Å². The molecule has 6 nitrogen and oxygen atoms in total. The predicted octanol–water partition coefficient (Wildman–Crippen LogP) is 2.96. The van der Waals surface area contributed by atoms with E-state index in [9.17, 15) is 9.59 Å². The average Bonchev–Trinajstić information content (AvgIpc) is 2.62. The lowest BCUT2D eigenvalue weighted by Gasteiger charge is -2.28.